The predicted octanol–water partition coefficient (Wildman–Crippen LogP) is 6.55. The standard InChI is InChI=1S/C38H73O13P/c1-3-5-7-8-9-10-11-12-13-14-15-16-17-18-19-20-21-22-23-25-27-32(40)50-30(28-48-31(39)26-24-6-4-2)29-49-52(46,47)51-38-36(44)34(42)33(41)35(43)37(38)45/h30,33-38,41-45H,3-29H2,1-2H3,(H,46,47). The lowest BCUT2D eigenvalue weighted by Crippen LogP contribution is -2.64. The normalized spacial score (nSPS) is 23.6. The van der Waals surface area contributed by atoms with Gasteiger partial charge in [0, 0.05) is 12.8 Å². The van der Waals surface area contributed by atoms with Gasteiger partial charge in [0.05, 0.1) is 6.61 Å². The van der Waals surface area contributed by atoms with Crippen molar-refractivity contribution in [3.05, 3.63) is 0 Å². The summed E-state index contributed by atoms with van der Waals surface area (Å²) in [6, 6.07) is 0. The molecule has 1 rings (SSSR count). The first kappa shape index (κ1) is 48.9. The smallest absolute Gasteiger partial charge is 0.462 e. The molecule has 14 heteroatoms. The number of hydrogen-bond acceptors (Lipinski definition) is 12. The largest absolute Gasteiger partial charge is 0.472 e. The maximum absolute atomic E-state index is 12.7. The molecular formula is C38H73O13P. The van der Waals surface area contributed by atoms with Gasteiger partial charge in [-0.25, -0.2) is 4.57 Å². The number of phosphoric acid groups is 1. The summed E-state index contributed by atoms with van der Waals surface area (Å²) in [5.74, 6) is -1.12. The second-order valence-corrected chi connectivity index (χ2v) is 15.9. The van der Waals surface area contributed by atoms with Crippen LogP contribution in [0.4, 0.5) is 0 Å². The molecular weight excluding hydrogens is 695 g/mol. The van der Waals surface area contributed by atoms with Crippen LogP contribution in [0, 0.1) is 0 Å². The Morgan fingerprint density at radius 1 is 0.519 bits per heavy atom. The molecule has 0 spiro atoms. The van der Waals surface area contributed by atoms with Crippen LogP contribution in [0.3, 0.4) is 0 Å². The van der Waals surface area contributed by atoms with Crippen molar-refractivity contribution in [3.8, 4) is 0 Å². The first-order valence-corrected chi connectivity index (χ1v) is 21.8. The van der Waals surface area contributed by atoms with Gasteiger partial charge in [-0.2, -0.15) is 0 Å². The molecule has 6 N–H and O–H groups in total. The van der Waals surface area contributed by atoms with Gasteiger partial charge in [-0.05, 0) is 12.8 Å². The molecule has 52 heavy (non-hydrogen) atoms. The Kier molecular flexibility index (Phi) is 28.3. The van der Waals surface area contributed by atoms with E-state index >= 15 is 0 Å². The molecule has 0 bridgehead atoms. The fraction of sp³-hybridized carbons (Fsp3) is 0.947. The molecule has 0 saturated heterocycles. The predicted molar refractivity (Wildman–Crippen MR) is 198 cm³/mol. The Morgan fingerprint density at radius 3 is 1.31 bits per heavy atom. The van der Waals surface area contributed by atoms with Crippen LogP contribution in [0.5, 0.6) is 0 Å². The topological polar surface area (TPSA) is 210 Å². The van der Waals surface area contributed by atoms with Crippen LogP contribution in [0.2, 0.25) is 0 Å². The van der Waals surface area contributed by atoms with Gasteiger partial charge in [0.25, 0.3) is 0 Å². The van der Waals surface area contributed by atoms with Crippen molar-refractivity contribution in [2.75, 3.05) is 13.2 Å². The number of ether oxygens (including phenoxy) is 2. The maximum Gasteiger partial charge on any atom is 0.472 e. The number of hydrogen-bond donors (Lipinski definition) is 6. The van der Waals surface area contributed by atoms with E-state index in [0.717, 1.165) is 32.1 Å². The van der Waals surface area contributed by atoms with E-state index in [1.54, 1.807) is 0 Å². The van der Waals surface area contributed by atoms with Gasteiger partial charge < -0.3 is 39.9 Å². The summed E-state index contributed by atoms with van der Waals surface area (Å²) in [5, 5.41) is 49.7. The molecule has 0 radical (unpaired) electrons. The summed E-state index contributed by atoms with van der Waals surface area (Å²) in [7, 11) is -5.09. The van der Waals surface area contributed by atoms with Crippen LogP contribution >= 0.6 is 7.82 Å². The van der Waals surface area contributed by atoms with E-state index in [1.807, 2.05) is 6.92 Å². The summed E-state index contributed by atoms with van der Waals surface area (Å²) in [6.45, 7) is 3.08. The lowest BCUT2D eigenvalue weighted by atomic mass is 9.85. The number of phosphoric ester groups is 1. The third kappa shape index (κ3) is 22.9. The Balaban J connectivity index is 2.30. The van der Waals surface area contributed by atoms with Crippen LogP contribution in [0.25, 0.3) is 0 Å². The molecule has 0 aromatic rings. The fourth-order valence-corrected chi connectivity index (χ4v) is 7.32. The van der Waals surface area contributed by atoms with E-state index in [1.165, 1.54) is 103 Å². The van der Waals surface area contributed by atoms with Crippen molar-refractivity contribution in [1.29, 1.82) is 0 Å². The van der Waals surface area contributed by atoms with E-state index in [0.29, 0.717) is 12.8 Å². The van der Waals surface area contributed by atoms with Crippen molar-refractivity contribution in [3.63, 3.8) is 0 Å². The van der Waals surface area contributed by atoms with Gasteiger partial charge in [-0.15, -0.1) is 0 Å². The van der Waals surface area contributed by atoms with Crippen molar-refractivity contribution >= 4 is 19.8 Å². The van der Waals surface area contributed by atoms with Gasteiger partial charge in [0.1, 0.15) is 43.2 Å². The molecule has 1 aliphatic carbocycles. The third-order valence-corrected chi connectivity index (χ3v) is 10.7. The van der Waals surface area contributed by atoms with Crippen molar-refractivity contribution in [1.82, 2.24) is 0 Å². The molecule has 1 aliphatic rings. The Bertz CT molecular complexity index is 938. The molecule has 0 amide bonds. The zero-order valence-corrected chi connectivity index (χ0v) is 33.0. The van der Waals surface area contributed by atoms with Gasteiger partial charge in [-0.1, -0.05) is 149 Å². The summed E-state index contributed by atoms with van der Waals surface area (Å²) in [4.78, 5) is 35.0. The quantitative estimate of drug-likeness (QED) is 0.0238. The number of aliphatic hydroxyl groups is 5. The molecule has 0 heterocycles. The van der Waals surface area contributed by atoms with Gasteiger partial charge in [0.15, 0.2) is 6.10 Å². The average Bonchev–Trinajstić information content (AvgIpc) is 3.12. The highest BCUT2D eigenvalue weighted by molar-refractivity contribution is 7.47. The zero-order valence-electron chi connectivity index (χ0n) is 32.1. The highest BCUT2D eigenvalue weighted by Crippen LogP contribution is 2.47. The molecule has 13 nitrogen and oxygen atoms in total. The molecule has 0 aliphatic heterocycles. The van der Waals surface area contributed by atoms with E-state index in [-0.39, 0.29) is 12.8 Å². The zero-order chi connectivity index (χ0) is 38.6. The molecule has 0 aromatic heterocycles. The molecule has 0 aromatic carbocycles. The lowest BCUT2D eigenvalue weighted by molar-refractivity contribution is -0.220. The Labute approximate surface area is 312 Å². The molecule has 308 valence electrons. The number of aliphatic hydroxyl groups excluding tert-OH is 5. The van der Waals surface area contributed by atoms with Gasteiger partial charge in [-0.3, -0.25) is 18.6 Å². The number of carbonyl (C=O) groups excluding carboxylic acids is 2. The molecule has 1 fully saturated rings. The number of carbonyl (C=O) groups is 2. The number of rotatable bonds is 33. The van der Waals surface area contributed by atoms with Gasteiger partial charge in [0.2, 0.25) is 0 Å². The first-order chi connectivity index (χ1) is 24.9. The van der Waals surface area contributed by atoms with E-state index in [2.05, 4.69) is 6.92 Å². The minimum Gasteiger partial charge on any atom is -0.462 e. The lowest BCUT2D eigenvalue weighted by Gasteiger charge is -2.41. The second-order valence-electron chi connectivity index (χ2n) is 14.5. The van der Waals surface area contributed by atoms with Crippen LogP contribution < -0.4 is 0 Å². The number of esters is 2. The minimum absolute atomic E-state index is 0.103. The second kappa shape index (κ2) is 30.1. The van der Waals surface area contributed by atoms with Crippen LogP contribution in [0.1, 0.15) is 174 Å². The SMILES string of the molecule is CCCCCCCCCCCCCCCCCCCCCCC(=O)OC(COC(=O)CCCCC)COP(=O)(O)OC1C(O)C(O)C(O)C(O)C1O. The summed E-state index contributed by atoms with van der Waals surface area (Å²) >= 11 is 0. The van der Waals surface area contributed by atoms with Crippen LogP contribution in [-0.2, 0) is 32.7 Å². The fourth-order valence-electron chi connectivity index (χ4n) is 6.35. The van der Waals surface area contributed by atoms with Crippen molar-refractivity contribution in [2.24, 2.45) is 0 Å². The maximum atomic E-state index is 12.7. The van der Waals surface area contributed by atoms with E-state index < -0.39 is 75.7 Å². The highest BCUT2D eigenvalue weighted by atomic mass is 31.2. The van der Waals surface area contributed by atoms with Crippen molar-refractivity contribution < 1.29 is 63.1 Å². The summed E-state index contributed by atoms with van der Waals surface area (Å²) < 4.78 is 33.0. The van der Waals surface area contributed by atoms with Crippen LogP contribution in [0.15, 0.2) is 0 Å². The number of unbranched alkanes of at least 4 members (excludes halogenated alkanes) is 21. The van der Waals surface area contributed by atoms with Crippen LogP contribution in [-0.4, -0.2) is 98.3 Å². The van der Waals surface area contributed by atoms with Crippen molar-refractivity contribution in [2.45, 2.75) is 217 Å². The highest BCUT2D eigenvalue weighted by Gasteiger charge is 2.51. The molecule has 6 unspecified atom stereocenters. The average molecular weight is 769 g/mol. The van der Waals surface area contributed by atoms with E-state index in [4.69, 9.17) is 18.5 Å². The summed E-state index contributed by atoms with van der Waals surface area (Å²) in [5.41, 5.74) is 0. The molecule has 1 saturated carbocycles. The monoisotopic (exact) mass is 768 g/mol. The first-order valence-electron chi connectivity index (χ1n) is 20.3. The third-order valence-electron chi connectivity index (χ3n) is 9.70. The Hall–Kier alpha value is -1.15. The van der Waals surface area contributed by atoms with E-state index in [9.17, 15) is 44.6 Å². The Morgan fingerprint density at radius 2 is 0.865 bits per heavy atom. The molecule has 6 atom stereocenters. The van der Waals surface area contributed by atoms with Gasteiger partial charge >= 0.3 is 19.8 Å². The summed E-state index contributed by atoms with van der Waals surface area (Å²) in [6.07, 6.45) is 14.4. The minimum atomic E-state index is -5.09.